The van der Waals surface area contributed by atoms with Crippen LogP contribution >= 0.6 is 23.5 Å². The largest absolute Gasteiger partial charge is 0.481 e. The maximum Gasteiger partial charge on any atom is 0.313 e. The highest BCUT2D eigenvalue weighted by molar-refractivity contribution is 8.00. The molecule has 1 heterocycles. The Morgan fingerprint density at radius 1 is 0.808 bits per heavy atom. The molecule has 9 heteroatoms. The number of hydrogen-bond acceptors (Lipinski definition) is 7. The standard InChI is InChI=1S/C17H13N3O4S2/c21-13(22)8-25-16-18-15(19-17(20-16)26-9-14(23)24)12-6-5-10-3-1-2-4-11(10)7-12/h1-7H,8-9H2,(H,21,22)(H,23,24). The minimum absolute atomic E-state index is 0.190. The van der Waals surface area contributed by atoms with Crippen LogP contribution in [-0.4, -0.2) is 48.6 Å². The summed E-state index contributed by atoms with van der Waals surface area (Å²) in [5, 5.41) is 20.3. The van der Waals surface area contributed by atoms with E-state index in [0.29, 0.717) is 5.82 Å². The van der Waals surface area contributed by atoms with Gasteiger partial charge in [0, 0.05) is 5.56 Å². The van der Waals surface area contributed by atoms with Gasteiger partial charge >= 0.3 is 11.9 Å². The molecule has 0 saturated heterocycles. The van der Waals surface area contributed by atoms with Crippen LogP contribution in [0.1, 0.15) is 0 Å². The molecule has 0 radical (unpaired) electrons. The monoisotopic (exact) mass is 387 g/mol. The lowest BCUT2D eigenvalue weighted by Crippen LogP contribution is -2.04. The third-order valence-electron chi connectivity index (χ3n) is 3.25. The van der Waals surface area contributed by atoms with Gasteiger partial charge in [-0.3, -0.25) is 9.59 Å². The zero-order valence-electron chi connectivity index (χ0n) is 13.3. The molecule has 0 bridgehead atoms. The third-order valence-corrected chi connectivity index (χ3v) is 4.92. The Morgan fingerprint density at radius 3 is 1.96 bits per heavy atom. The molecule has 1 aromatic heterocycles. The molecule has 0 fully saturated rings. The quantitative estimate of drug-likeness (QED) is 0.590. The maximum atomic E-state index is 10.8. The van der Waals surface area contributed by atoms with Crippen molar-refractivity contribution in [1.29, 1.82) is 0 Å². The Kier molecular flexibility index (Phi) is 5.69. The molecule has 0 saturated carbocycles. The zero-order chi connectivity index (χ0) is 18.5. The smallest absolute Gasteiger partial charge is 0.313 e. The summed E-state index contributed by atoms with van der Waals surface area (Å²) in [6.45, 7) is 0. The van der Waals surface area contributed by atoms with Gasteiger partial charge in [0.25, 0.3) is 0 Å². The molecule has 0 aliphatic rings. The molecule has 0 spiro atoms. The second-order valence-electron chi connectivity index (χ2n) is 5.15. The lowest BCUT2D eigenvalue weighted by molar-refractivity contribution is -0.134. The van der Waals surface area contributed by atoms with Crippen molar-refractivity contribution in [2.45, 2.75) is 10.3 Å². The molecule has 3 rings (SSSR count). The van der Waals surface area contributed by atoms with Gasteiger partial charge in [0.2, 0.25) is 0 Å². The number of carboxylic acids is 2. The predicted molar refractivity (Wildman–Crippen MR) is 99.5 cm³/mol. The highest BCUT2D eigenvalue weighted by Gasteiger charge is 2.12. The SMILES string of the molecule is O=C(O)CSc1nc(SCC(=O)O)nc(-c2ccc3ccccc3c2)n1. The van der Waals surface area contributed by atoms with Gasteiger partial charge in [0.05, 0.1) is 11.5 Å². The van der Waals surface area contributed by atoms with E-state index >= 15 is 0 Å². The van der Waals surface area contributed by atoms with E-state index in [9.17, 15) is 9.59 Å². The summed E-state index contributed by atoms with van der Waals surface area (Å²) in [6.07, 6.45) is 0. The predicted octanol–water partition coefficient (Wildman–Crippen LogP) is 3.05. The van der Waals surface area contributed by atoms with Crippen molar-refractivity contribution in [1.82, 2.24) is 15.0 Å². The van der Waals surface area contributed by atoms with Gasteiger partial charge in [-0.2, -0.15) is 4.98 Å². The maximum absolute atomic E-state index is 10.8. The number of carbonyl (C=O) groups is 2. The van der Waals surface area contributed by atoms with Gasteiger partial charge in [-0.05, 0) is 16.8 Å². The van der Waals surface area contributed by atoms with Crippen molar-refractivity contribution < 1.29 is 19.8 Å². The van der Waals surface area contributed by atoms with Gasteiger partial charge in [-0.25, -0.2) is 9.97 Å². The molecule has 7 nitrogen and oxygen atoms in total. The number of carboxylic acid groups (broad SMARTS) is 2. The van der Waals surface area contributed by atoms with Crippen molar-refractivity contribution in [2.24, 2.45) is 0 Å². The van der Waals surface area contributed by atoms with Crippen LogP contribution in [0.2, 0.25) is 0 Å². The fourth-order valence-electron chi connectivity index (χ4n) is 2.18. The normalized spacial score (nSPS) is 10.8. The van der Waals surface area contributed by atoms with Crippen LogP contribution in [0.25, 0.3) is 22.2 Å². The third kappa shape index (κ3) is 4.70. The van der Waals surface area contributed by atoms with Gasteiger partial charge < -0.3 is 10.2 Å². The van der Waals surface area contributed by atoms with Gasteiger partial charge in [-0.1, -0.05) is 59.9 Å². The highest BCUT2D eigenvalue weighted by atomic mass is 32.2. The number of rotatable bonds is 7. The Morgan fingerprint density at radius 2 is 1.38 bits per heavy atom. The molecular formula is C17H13N3O4S2. The fraction of sp³-hybridized carbons (Fsp3) is 0.118. The topological polar surface area (TPSA) is 113 Å². The van der Waals surface area contributed by atoms with E-state index < -0.39 is 11.9 Å². The molecule has 0 aliphatic heterocycles. The fourth-order valence-corrected chi connectivity index (χ4v) is 3.34. The molecule has 0 unspecified atom stereocenters. The van der Waals surface area contributed by atoms with Crippen LogP contribution < -0.4 is 0 Å². The molecule has 2 N–H and O–H groups in total. The van der Waals surface area contributed by atoms with Crippen molar-refractivity contribution in [2.75, 3.05) is 11.5 Å². The van der Waals surface area contributed by atoms with Crippen molar-refractivity contribution in [3.63, 3.8) is 0 Å². The lowest BCUT2D eigenvalue weighted by Gasteiger charge is -2.07. The van der Waals surface area contributed by atoms with Gasteiger partial charge in [0.1, 0.15) is 0 Å². The number of aromatic nitrogens is 3. The first-order valence-corrected chi connectivity index (χ1v) is 9.43. The number of benzene rings is 2. The molecular weight excluding hydrogens is 374 g/mol. The summed E-state index contributed by atoms with van der Waals surface area (Å²) < 4.78 is 0. The summed E-state index contributed by atoms with van der Waals surface area (Å²) in [6, 6.07) is 13.6. The van der Waals surface area contributed by atoms with Crippen LogP contribution in [0.15, 0.2) is 52.8 Å². The summed E-state index contributed by atoms with van der Waals surface area (Å²) in [5.74, 6) is -1.97. The van der Waals surface area contributed by atoms with Crippen LogP contribution in [0.3, 0.4) is 0 Å². The van der Waals surface area contributed by atoms with E-state index in [-0.39, 0.29) is 21.8 Å². The van der Waals surface area contributed by atoms with Crippen LogP contribution in [0, 0.1) is 0 Å². The average molecular weight is 387 g/mol. The van der Waals surface area contributed by atoms with E-state index in [1.807, 2.05) is 42.5 Å². The molecule has 0 amide bonds. The molecule has 0 atom stereocenters. The number of aliphatic carboxylic acids is 2. The van der Waals surface area contributed by atoms with Crippen LogP contribution in [0.5, 0.6) is 0 Å². The lowest BCUT2D eigenvalue weighted by atomic mass is 10.1. The minimum Gasteiger partial charge on any atom is -0.481 e. The Labute approximate surface area is 156 Å². The number of nitrogens with zero attached hydrogens (tertiary/aromatic N) is 3. The Bertz CT molecular complexity index is 945. The van der Waals surface area contributed by atoms with Crippen LogP contribution in [-0.2, 0) is 9.59 Å². The van der Waals surface area contributed by atoms with Crippen molar-refractivity contribution >= 4 is 46.2 Å². The molecule has 3 aromatic rings. The van der Waals surface area contributed by atoms with E-state index in [2.05, 4.69) is 15.0 Å². The van der Waals surface area contributed by atoms with Crippen molar-refractivity contribution in [3.8, 4) is 11.4 Å². The average Bonchev–Trinajstić information content (AvgIpc) is 2.64. The second-order valence-corrected chi connectivity index (χ2v) is 7.04. The first-order valence-electron chi connectivity index (χ1n) is 7.46. The number of fused-ring (bicyclic) bond motifs is 1. The van der Waals surface area contributed by atoms with E-state index in [4.69, 9.17) is 10.2 Å². The molecule has 132 valence electrons. The second kappa shape index (κ2) is 8.15. The minimum atomic E-state index is -0.984. The highest BCUT2D eigenvalue weighted by Crippen LogP contribution is 2.26. The number of thioether (sulfide) groups is 2. The molecule has 0 aliphatic carbocycles. The Hall–Kier alpha value is -2.65. The van der Waals surface area contributed by atoms with E-state index in [1.165, 1.54) is 0 Å². The summed E-state index contributed by atoms with van der Waals surface area (Å²) >= 11 is 1.93. The van der Waals surface area contributed by atoms with Gasteiger partial charge in [0.15, 0.2) is 16.1 Å². The van der Waals surface area contributed by atoms with Gasteiger partial charge in [-0.15, -0.1) is 0 Å². The summed E-state index contributed by atoms with van der Waals surface area (Å²) in [7, 11) is 0. The zero-order valence-corrected chi connectivity index (χ0v) is 15.0. The Balaban J connectivity index is 1.99. The van der Waals surface area contributed by atoms with E-state index in [0.717, 1.165) is 39.9 Å². The molecule has 2 aromatic carbocycles. The first kappa shape index (κ1) is 18.2. The summed E-state index contributed by atoms with van der Waals surface area (Å²) in [5.41, 5.74) is 0.750. The van der Waals surface area contributed by atoms with Crippen LogP contribution in [0.4, 0.5) is 0 Å². The molecule has 26 heavy (non-hydrogen) atoms. The van der Waals surface area contributed by atoms with Crippen molar-refractivity contribution in [3.05, 3.63) is 42.5 Å². The summed E-state index contributed by atoms with van der Waals surface area (Å²) in [4.78, 5) is 34.4. The van der Waals surface area contributed by atoms with E-state index in [1.54, 1.807) is 0 Å². The number of hydrogen-bond donors (Lipinski definition) is 2. The first-order chi connectivity index (χ1) is 12.5.